The second-order valence-electron chi connectivity index (χ2n) is 4.78. The zero-order valence-electron chi connectivity index (χ0n) is 12.0. The molecule has 0 aliphatic heterocycles. The van der Waals surface area contributed by atoms with Gasteiger partial charge in [0.15, 0.2) is 0 Å². The summed E-state index contributed by atoms with van der Waals surface area (Å²) in [5, 5.41) is 18.1. The van der Waals surface area contributed by atoms with Gasteiger partial charge in [-0.25, -0.2) is 4.79 Å². The number of aliphatic hydroxyl groups excluding tert-OH is 1. The number of carboxylic acid groups (broad SMARTS) is 1. The number of carbonyl (C=O) groups is 1. The van der Waals surface area contributed by atoms with E-state index >= 15 is 0 Å². The summed E-state index contributed by atoms with van der Waals surface area (Å²) < 4.78 is 5.19. The Bertz CT molecular complexity index is 483. The average molecular weight is 279 g/mol. The number of methoxy groups -OCH3 is 1. The third-order valence-corrected chi connectivity index (χ3v) is 2.77. The second-order valence-corrected chi connectivity index (χ2v) is 4.78. The monoisotopic (exact) mass is 279 g/mol. The Kier molecular flexibility index (Phi) is 6.21. The Balaban J connectivity index is 2.97. The molecule has 0 heterocycles. The lowest BCUT2D eigenvalue weighted by molar-refractivity contribution is -0.131. The summed E-state index contributed by atoms with van der Waals surface area (Å²) in [6.07, 6.45) is 2.26. The smallest absolute Gasteiger partial charge is 0.328 e. The van der Waals surface area contributed by atoms with Crippen molar-refractivity contribution in [2.75, 3.05) is 20.7 Å². The maximum Gasteiger partial charge on any atom is 0.328 e. The van der Waals surface area contributed by atoms with Crippen molar-refractivity contribution < 1.29 is 19.7 Å². The van der Waals surface area contributed by atoms with Crippen LogP contribution in [0.25, 0.3) is 6.08 Å². The fourth-order valence-corrected chi connectivity index (χ4v) is 1.98. The number of ether oxygens (including phenoxy) is 1. The largest absolute Gasteiger partial charge is 0.497 e. The number of hydrogen-bond donors (Lipinski definition) is 2. The minimum Gasteiger partial charge on any atom is -0.497 e. The Morgan fingerprint density at radius 2 is 2.20 bits per heavy atom. The molecule has 1 atom stereocenters. The van der Waals surface area contributed by atoms with Crippen molar-refractivity contribution in [1.82, 2.24) is 4.90 Å². The van der Waals surface area contributed by atoms with E-state index in [1.165, 1.54) is 0 Å². The summed E-state index contributed by atoms with van der Waals surface area (Å²) in [5.74, 6) is -0.262. The number of likely N-dealkylation sites (N-methyl/N-ethyl adjacent to an activating group) is 1. The van der Waals surface area contributed by atoms with E-state index in [9.17, 15) is 9.90 Å². The van der Waals surface area contributed by atoms with Crippen molar-refractivity contribution >= 4 is 12.0 Å². The highest BCUT2D eigenvalue weighted by Crippen LogP contribution is 2.20. The third-order valence-electron chi connectivity index (χ3n) is 2.77. The van der Waals surface area contributed by atoms with Gasteiger partial charge >= 0.3 is 5.97 Å². The van der Waals surface area contributed by atoms with Gasteiger partial charge in [0.2, 0.25) is 0 Å². The average Bonchev–Trinajstić information content (AvgIpc) is 2.35. The molecule has 20 heavy (non-hydrogen) atoms. The van der Waals surface area contributed by atoms with Gasteiger partial charge in [-0.05, 0) is 43.3 Å². The number of aliphatic hydroxyl groups is 1. The van der Waals surface area contributed by atoms with Gasteiger partial charge in [-0.1, -0.05) is 6.07 Å². The lowest BCUT2D eigenvalue weighted by atomic mass is 10.1. The lowest BCUT2D eigenvalue weighted by Gasteiger charge is -2.20. The van der Waals surface area contributed by atoms with Gasteiger partial charge in [0.25, 0.3) is 0 Å². The molecular formula is C15H21NO4. The molecule has 110 valence electrons. The van der Waals surface area contributed by atoms with Crippen molar-refractivity contribution in [2.24, 2.45) is 0 Å². The van der Waals surface area contributed by atoms with Gasteiger partial charge < -0.3 is 14.9 Å². The molecule has 0 aliphatic rings. The second kappa shape index (κ2) is 7.67. The lowest BCUT2D eigenvalue weighted by Crippen LogP contribution is -2.27. The molecule has 0 spiro atoms. The van der Waals surface area contributed by atoms with Crippen LogP contribution in [-0.4, -0.2) is 47.9 Å². The zero-order valence-corrected chi connectivity index (χ0v) is 12.0. The molecule has 5 heteroatoms. The zero-order chi connectivity index (χ0) is 15.1. The van der Waals surface area contributed by atoms with Crippen LogP contribution in [0.15, 0.2) is 24.3 Å². The molecule has 0 saturated carbocycles. The van der Waals surface area contributed by atoms with E-state index in [1.54, 1.807) is 26.2 Å². The first-order valence-corrected chi connectivity index (χ1v) is 6.37. The first-order valence-electron chi connectivity index (χ1n) is 6.37. The molecule has 0 fully saturated rings. The van der Waals surface area contributed by atoms with Gasteiger partial charge in [-0.15, -0.1) is 0 Å². The van der Waals surface area contributed by atoms with Crippen LogP contribution in [0, 0.1) is 0 Å². The van der Waals surface area contributed by atoms with Gasteiger partial charge in [0.1, 0.15) is 5.75 Å². The predicted octanol–water partition coefficient (Wildman–Crippen LogP) is 1.61. The maximum atomic E-state index is 10.6. The van der Waals surface area contributed by atoms with Crippen LogP contribution in [0.3, 0.4) is 0 Å². The van der Waals surface area contributed by atoms with Crippen LogP contribution in [0.4, 0.5) is 0 Å². The normalized spacial score (nSPS) is 12.8. The molecule has 0 radical (unpaired) electrons. The minimum atomic E-state index is -0.982. The molecule has 1 aromatic rings. The molecule has 5 nitrogen and oxygen atoms in total. The molecule has 0 bridgehead atoms. The minimum absolute atomic E-state index is 0.413. The van der Waals surface area contributed by atoms with E-state index < -0.39 is 12.1 Å². The van der Waals surface area contributed by atoms with Gasteiger partial charge in [-0.2, -0.15) is 0 Å². The summed E-state index contributed by atoms with van der Waals surface area (Å²) in [6, 6.07) is 5.49. The van der Waals surface area contributed by atoms with E-state index in [0.717, 1.165) is 23.0 Å². The summed E-state index contributed by atoms with van der Waals surface area (Å²) >= 11 is 0. The Labute approximate surface area is 119 Å². The SMILES string of the molecule is COc1ccc(C=CC(=O)O)c(CN(C)CC(C)O)c1. The highest BCUT2D eigenvalue weighted by atomic mass is 16.5. The van der Waals surface area contributed by atoms with Gasteiger partial charge in [-0.3, -0.25) is 4.90 Å². The quantitative estimate of drug-likeness (QED) is 0.742. The molecule has 1 unspecified atom stereocenters. The van der Waals surface area contributed by atoms with Crippen LogP contribution in [0.5, 0.6) is 5.75 Å². The van der Waals surface area contributed by atoms with Crippen molar-refractivity contribution in [1.29, 1.82) is 0 Å². The Morgan fingerprint density at radius 3 is 2.75 bits per heavy atom. The number of aliphatic carboxylic acids is 1. The molecule has 0 aliphatic carbocycles. The predicted molar refractivity (Wildman–Crippen MR) is 77.7 cm³/mol. The van der Waals surface area contributed by atoms with Crippen LogP contribution in [0.2, 0.25) is 0 Å². The van der Waals surface area contributed by atoms with Crippen molar-refractivity contribution in [3.05, 3.63) is 35.4 Å². The summed E-state index contributed by atoms with van der Waals surface area (Å²) in [5.41, 5.74) is 1.77. The number of hydrogen-bond acceptors (Lipinski definition) is 4. The van der Waals surface area contributed by atoms with Crippen LogP contribution >= 0.6 is 0 Å². The van der Waals surface area contributed by atoms with Gasteiger partial charge in [0, 0.05) is 19.2 Å². The number of nitrogens with zero attached hydrogens (tertiary/aromatic N) is 1. The molecule has 1 aromatic carbocycles. The summed E-state index contributed by atoms with van der Waals surface area (Å²) in [7, 11) is 3.49. The molecule has 1 rings (SSSR count). The summed E-state index contributed by atoms with van der Waals surface area (Å²) in [6.45, 7) is 2.87. The summed E-state index contributed by atoms with van der Waals surface area (Å²) in [4.78, 5) is 12.6. The standard InChI is InChI=1S/C15H21NO4/c1-11(17)9-16(2)10-13-8-14(20-3)6-4-12(13)5-7-15(18)19/h4-8,11,17H,9-10H2,1-3H3,(H,18,19). The Hall–Kier alpha value is -1.85. The first-order chi connectivity index (χ1) is 9.42. The van der Waals surface area contributed by atoms with E-state index in [-0.39, 0.29) is 0 Å². The maximum absolute atomic E-state index is 10.6. The van der Waals surface area contributed by atoms with Crippen LogP contribution in [0.1, 0.15) is 18.1 Å². The Morgan fingerprint density at radius 1 is 1.50 bits per heavy atom. The first kappa shape index (κ1) is 16.2. The van der Waals surface area contributed by atoms with Crippen molar-refractivity contribution in [3.8, 4) is 5.75 Å². The fourth-order valence-electron chi connectivity index (χ4n) is 1.98. The van der Waals surface area contributed by atoms with E-state index in [0.29, 0.717) is 13.1 Å². The van der Waals surface area contributed by atoms with Crippen LogP contribution in [-0.2, 0) is 11.3 Å². The fraction of sp³-hybridized carbons (Fsp3) is 0.400. The van der Waals surface area contributed by atoms with Crippen molar-refractivity contribution in [3.63, 3.8) is 0 Å². The number of rotatable bonds is 7. The van der Waals surface area contributed by atoms with Crippen molar-refractivity contribution in [2.45, 2.75) is 19.6 Å². The van der Waals surface area contributed by atoms with Crippen LogP contribution < -0.4 is 4.74 Å². The topological polar surface area (TPSA) is 70.0 Å². The molecule has 0 saturated heterocycles. The molecule has 0 amide bonds. The highest BCUT2D eigenvalue weighted by molar-refractivity contribution is 5.85. The van der Waals surface area contributed by atoms with E-state index in [4.69, 9.17) is 9.84 Å². The van der Waals surface area contributed by atoms with E-state index in [2.05, 4.69) is 0 Å². The third kappa shape index (κ3) is 5.42. The van der Waals surface area contributed by atoms with Gasteiger partial charge in [0.05, 0.1) is 13.2 Å². The highest BCUT2D eigenvalue weighted by Gasteiger charge is 2.08. The number of benzene rings is 1. The molecule has 2 N–H and O–H groups in total. The molecule has 0 aromatic heterocycles. The molecular weight excluding hydrogens is 258 g/mol. The van der Waals surface area contributed by atoms with E-state index in [1.807, 2.05) is 24.1 Å². The number of carboxylic acids is 1.